The maximum Gasteiger partial charge on any atom is 0.303 e. The number of allylic oxidation sites excluding steroid dienone is 4. The van der Waals surface area contributed by atoms with Gasteiger partial charge in [0.15, 0.2) is 17.2 Å². The molecule has 0 aliphatic heterocycles. The molecule has 0 saturated heterocycles. The van der Waals surface area contributed by atoms with Gasteiger partial charge in [0.05, 0.1) is 0 Å². The van der Waals surface area contributed by atoms with Crippen molar-refractivity contribution in [3.63, 3.8) is 0 Å². The Morgan fingerprint density at radius 2 is 1.86 bits per heavy atom. The zero-order chi connectivity index (χ0) is 21.4. The Bertz CT molecular complexity index is 892. The molecule has 156 valence electrons. The predicted octanol–water partition coefficient (Wildman–Crippen LogP) is 4.74. The van der Waals surface area contributed by atoms with E-state index in [-0.39, 0.29) is 28.8 Å². The Labute approximate surface area is 173 Å². The molecule has 4 heteroatoms. The molecule has 0 amide bonds. The molecule has 0 aromatic carbocycles. The van der Waals surface area contributed by atoms with E-state index in [2.05, 4.69) is 33.4 Å². The van der Waals surface area contributed by atoms with Crippen molar-refractivity contribution in [2.24, 2.45) is 28.6 Å². The van der Waals surface area contributed by atoms with Gasteiger partial charge in [-0.1, -0.05) is 32.1 Å². The Kier molecular flexibility index (Phi) is 4.39. The summed E-state index contributed by atoms with van der Waals surface area (Å²) in [6, 6.07) is 0. The number of carbonyl (C=O) groups excluding carboxylic acids is 3. The summed E-state index contributed by atoms with van der Waals surface area (Å²) < 4.78 is 5.83. The van der Waals surface area contributed by atoms with Crippen molar-refractivity contribution in [2.45, 2.75) is 72.3 Å². The van der Waals surface area contributed by atoms with E-state index < -0.39 is 17.0 Å². The van der Waals surface area contributed by atoms with Crippen LogP contribution >= 0.6 is 0 Å². The average Bonchev–Trinajstić information content (AvgIpc) is 2.85. The van der Waals surface area contributed by atoms with Crippen molar-refractivity contribution in [1.82, 2.24) is 0 Å². The lowest BCUT2D eigenvalue weighted by atomic mass is 9.47. The van der Waals surface area contributed by atoms with Crippen molar-refractivity contribution in [3.05, 3.63) is 35.5 Å². The van der Waals surface area contributed by atoms with Crippen LogP contribution in [0, 0.1) is 28.6 Å². The highest BCUT2D eigenvalue weighted by Gasteiger charge is 2.69. The van der Waals surface area contributed by atoms with Crippen LogP contribution in [0.3, 0.4) is 0 Å². The molecule has 6 atom stereocenters. The number of rotatable bonds is 2. The van der Waals surface area contributed by atoms with E-state index in [4.69, 9.17) is 4.74 Å². The van der Waals surface area contributed by atoms with Crippen LogP contribution in [0.4, 0.5) is 0 Å². The second-order valence-electron chi connectivity index (χ2n) is 10.2. The minimum atomic E-state index is -1.23. The summed E-state index contributed by atoms with van der Waals surface area (Å²) in [6.07, 6.45) is 8.15. The SMILES string of the molecule is C=C1CC2C3C=C(C)C4=CC(=O)CC[C@]4(C)C3CC[C@]2(C)C1(OC(C)=O)C(C)=O. The molecule has 4 aliphatic rings. The second kappa shape index (κ2) is 6.26. The Hall–Kier alpha value is -1.97. The van der Waals surface area contributed by atoms with Crippen molar-refractivity contribution in [1.29, 1.82) is 0 Å². The van der Waals surface area contributed by atoms with Crippen LogP contribution in [0.2, 0.25) is 0 Å². The molecule has 4 unspecified atom stereocenters. The molecule has 0 aromatic heterocycles. The fourth-order valence-electron chi connectivity index (χ4n) is 7.50. The van der Waals surface area contributed by atoms with Crippen LogP contribution < -0.4 is 0 Å². The normalized spacial score (nSPS) is 43.6. The van der Waals surface area contributed by atoms with E-state index in [0.29, 0.717) is 18.8 Å². The largest absolute Gasteiger partial charge is 0.446 e. The van der Waals surface area contributed by atoms with Crippen molar-refractivity contribution in [3.8, 4) is 0 Å². The Morgan fingerprint density at radius 3 is 2.48 bits per heavy atom. The molecule has 2 saturated carbocycles. The third kappa shape index (κ3) is 2.47. The van der Waals surface area contributed by atoms with E-state index in [1.807, 2.05) is 6.08 Å². The summed E-state index contributed by atoms with van der Waals surface area (Å²) in [5.41, 5.74) is 1.43. The number of ether oxygens (including phenoxy) is 1. The summed E-state index contributed by atoms with van der Waals surface area (Å²) in [5.74, 6) is 0.595. The number of carbonyl (C=O) groups is 3. The second-order valence-corrected chi connectivity index (χ2v) is 10.2. The summed E-state index contributed by atoms with van der Waals surface area (Å²) in [7, 11) is 0. The molecule has 0 radical (unpaired) electrons. The monoisotopic (exact) mass is 396 g/mol. The van der Waals surface area contributed by atoms with Gasteiger partial charge in [0.2, 0.25) is 0 Å². The maximum absolute atomic E-state index is 12.9. The first-order chi connectivity index (χ1) is 13.5. The van der Waals surface area contributed by atoms with Gasteiger partial charge in [0, 0.05) is 18.8 Å². The third-order valence-electron chi connectivity index (χ3n) is 8.78. The number of Topliss-reactive ketones (excluding diaryl/α,β-unsaturated/α-hetero) is 1. The van der Waals surface area contributed by atoms with Crippen molar-refractivity contribution >= 4 is 17.5 Å². The highest BCUT2D eigenvalue weighted by molar-refractivity contribution is 5.93. The molecule has 0 N–H and O–H groups in total. The summed E-state index contributed by atoms with van der Waals surface area (Å²) >= 11 is 0. The van der Waals surface area contributed by atoms with Gasteiger partial charge in [0.25, 0.3) is 0 Å². The molecule has 4 rings (SSSR count). The van der Waals surface area contributed by atoms with Gasteiger partial charge in [-0.2, -0.15) is 0 Å². The maximum atomic E-state index is 12.9. The first kappa shape index (κ1) is 20.3. The minimum absolute atomic E-state index is 0.0109. The molecule has 29 heavy (non-hydrogen) atoms. The highest BCUT2D eigenvalue weighted by Crippen LogP contribution is 2.68. The Balaban J connectivity index is 1.84. The van der Waals surface area contributed by atoms with Gasteiger partial charge in [-0.15, -0.1) is 0 Å². The van der Waals surface area contributed by atoms with Crippen molar-refractivity contribution in [2.75, 3.05) is 0 Å². The van der Waals surface area contributed by atoms with E-state index in [9.17, 15) is 14.4 Å². The lowest BCUT2D eigenvalue weighted by Gasteiger charge is -2.57. The molecule has 2 fully saturated rings. The van der Waals surface area contributed by atoms with Gasteiger partial charge >= 0.3 is 5.97 Å². The highest BCUT2D eigenvalue weighted by atomic mass is 16.6. The van der Waals surface area contributed by atoms with E-state index in [1.165, 1.54) is 25.0 Å². The smallest absolute Gasteiger partial charge is 0.303 e. The molecule has 4 aliphatic carbocycles. The lowest BCUT2D eigenvalue weighted by Crippen LogP contribution is -2.58. The van der Waals surface area contributed by atoms with E-state index in [1.54, 1.807) is 0 Å². The molecule has 0 bridgehead atoms. The van der Waals surface area contributed by atoms with Crippen LogP contribution in [-0.4, -0.2) is 23.1 Å². The summed E-state index contributed by atoms with van der Waals surface area (Å²) in [5, 5.41) is 0. The number of esters is 1. The van der Waals surface area contributed by atoms with Gasteiger partial charge in [-0.25, -0.2) is 0 Å². The van der Waals surface area contributed by atoms with Crippen molar-refractivity contribution < 1.29 is 19.1 Å². The molecule has 0 heterocycles. The van der Waals surface area contributed by atoms with Gasteiger partial charge in [-0.05, 0) is 79.9 Å². The summed E-state index contributed by atoms with van der Waals surface area (Å²) in [6.45, 7) is 13.7. The lowest BCUT2D eigenvalue weighted by molar-refractivity contribution is -0.179. The van der Waals surface area contributed by atoms with Crippen LogP contribution in [0.1, 0.15) is 66.7 Å². The summed E-state index contributed by atoms with van der Waals surface area (Å²) in [4.78, 5) is 37.0. The fourth-order valence-corrected chi connectivity index (χ4v) is 7.50. The minimum Gasteiger partial charge on any atom is -0.446 e. The van der Waals surface area contributed by atoms with Crippen LogP contribution in [0.5, 0.6) is 0 Å². The zero-order valence-electron chi connectivity index (χ0n) is 18.3. The van der Waals surface area contributed by atoms with Gasteiger partial charge in [-0.3, -0.25) is 14.4 Å². The third-order valence-corrected chi connectivity index (χ3v) is 8.78. The standard InChI is InChI=1S/C25H32O4/c1-14-11-19-20(23(5)9-7-18(28)13-21(14)23)8-10-24(6)22(19)12-15(2)25(24,16(3)26)29-17(4)27/h11,13,19-20,22H,2,7-10,12H2,1,3-6H3/t19?,20?,22?,23-,24+,25?/m1/s1. The quantitative estimate of drug-likeness (QED) is 0.500. The first-order valence-electron chi connectivity index (χ1n) is 10.8. The molecule has 0 spiro atoms. The topological polar surface area (TPSA) is 60.4 Å². The zero-order valence-corrected chi connectivity index (χ0v) is 18.3. The number of hydrogen-bond donors (Lipinski definition) is 0. The van der Waals surface area contributed by atoms with Crippen LogP contribution in [-0.2, 0) is 19.1 Å². The van der Waals surface area contributed by atoms with Crippen LogP contribution in [0.15, 0.2) is 35.5 Å². The first-order valence-corrected chi connectivity index (χ1v) is 10.8. The molecular formula is C25H32O4. The number of ketones is 2. The molecule has 4 nitrogen and oxygen atoms in total. The van der Waals surface area contributed by atoms with Crippen LogP contribution in [0.25, 0.3) is 0 Å². The predicted molar refractivity (Wildman–Crippen MR) is 111 cm³/mol. The average molecular weight is 397 g/mol. The van der Waals surface area contributed by atoms with E-state index >= 15 is 0 Å². The fraction of sp³-hybridized carbons (Fsp3) is 0.640. The Morgan fingerprint density at radius 1 is 1.17 bits per heavy atom. The molecule has 0 aromatic rings. The molecular weight excluding hydrogens is 364 g/mol. The number of fused-ring (bicyclic) bond motifs is 5. The van der Waals surface area contributed by atoms with Gasteiger partial charge in [0.1, 0.15) is 0 Å². The number of hydrogen-bond acceptors (Lipinski definition) is 4. The van der Waals surface area contributed by atoms with Gasteiger partial charge < -0.3 is 4.74 Å². The van der Waals surface area contributed by atoms with E-state index in [0.717, 1.165) is 24.8 Å².